The number of amides is 2. The number of halogens is 2. The Labute approximate surface area is 221 Å². The number of nitrogens with zero attached hydrogens (tertiary/aromatic N) is 4. The van der Waals surface area contributed by atoms with Gasteiger partial charge in [-0.1, -0.05) is 11.6 Å². The molecule has 0 unspecified atom stereocenters. The quantitative estimate of drug-likeness (QED) is 0.496. The molecule has 0 bridgehead atoms. The molecule has 4 rings (SSSR count). The molecule has 10 heteroatoms. The van der Waals surface area contributed by atoms with Crippen LogP contribution in [0.1, 0.15) is 19.8 Å². The van der Waals surface area contributed by atoms with Gasteiger partial charge < -0.3 is 15.1 Å². The molecule has 2 aliphatic rings. The summed E-state index contributed by atoms with van der Waals surface area (Å²) in [5.74, 6) is -0.585. The summed E-state index contributed by atoms with van der Waals surface area (Å²) in [6.45, 7) is 7.43. The van der Waals surface area contributed by atoms with Crippen LogP contribution in [0.5, 0.6) is 0 Å². The van der Waals surface area contributed by atoms with Gasteiger partial charge in [-0.25, -0.2) is 4.39 Å². The van der Waals surface area contributed by atoms with Crippen LogP contribution < -0.4 is 10.2 Å². The molecule has 2 aromatic rings. The largest absolute Gasteiger partial charge is 0.369 e. The molecule has 7 nitrogen and oxygen atoms in total. The van der Waals surface area contributed by atoms with Gasteiger partial charge in [0, 0.05) is 55.7 Å². The highest BCUT2D eigenvalue weighted by Gasteiger charge is 2.42. The molecule has 0 aliphatic carbocycles. The van der Waals surface area contributed by atoms with Crippen LogP contribution in [0, 0.1) is 5.82 Å². The van der Waals surface area contributed by atoms with Crippen LogP contribution in [0.15, 0.2) is 48.5 Å². The summed E-state index contributed by atoms with van der Waals surface area (Å²) in [6.07, 6.45) is 0.866. The second kappa shape index (κ2) is 12.0. The molecule has 2 fully saturated rings. The van der Waals surface area contributed by atoms with Gasteiger partial charge in [0.15, 0.2) is 5.11 Å². The summed E-state index contributed by atoms with van der Waals surface area (Å²) in [6, 6.07) is 12.9. The number of thiocarbonyl (C=S) groups is 1. The summed E-state index contributed by atoms with van der Waals surface area (Å²) in [4.78, 5) is 33.9. The van der Waals surface area contributed by atoms with Crippen molar-refractivity contribution < 1.29 is 14.0 Å². The first-order valence-corrected chi connectivity index (χ1v) is 13.0. The van der Waals surface area contributed by atoms with E-state index >= 15 is 0 Å². The van der Waals surface area contributed by atoms with E-state index in [0.29, 0.717) is 28.9 Å². The zero-order valence-electron chi connectivity index (χ0n) is 20.3. The smallest absolute Gasteiger partial charge is 0.252 e. The van der Waals surface area contributed by atoms with Gasteiger partial charge in [-0.15, -0.1) is 0 Å². The molecule has 0 spiro atoms. The third-order valence-electron chi connectivity index (χ3n) is 6.66. The van der Waals surface area contributed by atoms with E-state index in [9.17, 15) is 14.0 Å². The van der Waals surface area contributed by atoms with Crippen molar-refractivity contribution in [2.45, 2.75) is 25.8 Å². The van der Waals surface area contributed by atoms with Gasteiger partial charge in [0.25, 0.3) is 5.91 Å². The lowest BCUT2D eigenvalue weighted by Crippen LogP contribution is -2.47. The summed E-state index contributed by atoms with van der Waals surface area (Å²) in [5.41, 5.74) is 1.67. The Bertz CT molecular complexity index is 1080. The molecule has 0 radical (unpaired) electrons. The van der Waals surface area contributed by atoms with E-state index in [2.05, 4.69) is 15.1 Å². The van der Waals surface area contributed by atoms with Crippen molar-refractivity contribution in [1.29, 1.82) is 0 Å². The summed E-state index contributed by atoms with van der Waals surface area (Å²) < 4.78 is 13.2. The Morgan fingerprint density at radius 3 is 2.36 bits per heavy atom. The molecule has 0 aromatic heterocycles. The second-order valence-corrected chi connectivity index (χ2v) is 9.79. The number of benzene rings is 2. The van der Waals surface area contributed by atoms with Crippen molar-refractivity contribution >= 4 is 52.1 Å². The van der Waals surface area contributed by atoms with Crippen LogP contribution in [0.2, 0.25) is 5.02 Å². The Morgan fingerprint density at radius 2 is 1.72 bits per heavy atom. The topological polar surface area (TPSA) is 59.1 Å². The van der Waals surface area contributed by atoms with Gasteiger partial charge in [-0.05, 0) is 80.6 Å². The van der Waals surface area contributed by atoms with Gasteiger partial charge in [-0.3, -0.25) is 19.4 Å². The maximum absolute atomic E-state index is 13.2. The number of carbonyl (C=O) groups is 2. The SMILES string of the molecule is CCN1C(=O)[C@H](CC(=O)Nc2ccc(Cl)cc2)N(CCCN2CCN(c3ccc(F)cc3)CC2)C1=S. The zero-order chi connectivity index (χ0) is 25.7. The van der Waals surface area contributed by atoms with Gasteiger partial charge in [0.2, 0.25) is 5.91 Å². The number of hydrogen-bond acceptors (Lipinski definition) is 5. The summed E-state index contributed by atoms with van der Waals surface area (Å²) in [7, 11) is 0. The molecule has 2 amide bonds. The van der Waals surface area contributed by atoms with Crippen LogP contribution in [0.25, 0.3) is 0 Å². The fourth-order valence-corrected chi connectivity index (χ4v) is 5.27. The third-order valence-corrected chi connectivity index (χ3v) is 7.37. The number of piperazine rings is 1. The molecule has 2 saturated heterocycles. The first-order chi connectivity index (χ1) is 17.4. The molecule has 2 heterocycles. The maximum atomic E-state index is 13.2. The molecule has 0 saturated carbocycles. The van der Waals surface area contributed by atoms with E-state index in [-0.39, 0.29) is 24.1 Å². The van der Waals surface area contributed by atoms with Crippen molar-refractivity contribution in [3.63, 3.8) is 0 Å². The highest BCUT2D eigenvalue weighted by molar-refractivity contribution is 7.80. The normalized spacial score (nSPS) is 18.8. The van der Waals surface area contributed by atoms with Gasteiger partial charge in [0.1, 0.15) is 11.9 Å². The summed E-state index contributed by atoms with van der Waals surface area (Å²) >= 11 is 11.5. The van der Waals surface area contributed by atoms with Gasteiger partial charge in [0.05, 0.1) is 6.42 Å². The standard InChI is InChI=1S/C26H31ClFN5O2S/c1-2-32-25(35)23(18-24(34)29-21-8-4-19(27)5-9-21)33(26(32)36)13-3-12-30-14-16-31(17-15-30)22-10-6-20(28)7-11-22/h4-11,23H,2-3,12-18H2,1H3,(H,29,34)/t23-/m0/s1. The predicted molar refractivity (Wildman–Crippen MR) is 145 cm³/mol. The molecule has 192 valence electrons. The van der Waals surface area contributed by atoms with Gasteiger partial charge in [-0.2, -0.15) is 0 Å². The molecular weight excluding hydrogens is 501 g/mol. The van der Waals surface area contributed by atoms with E-state index in [1.165, 1.54) is 12.1 Å². The Balaban J connectivity index is 1.28. The lowest BCUT2D eigenvalue weighted by Gasteiger charge is -2.36. The number of carbonyl (C=O) groups excluding carboxylic acids is 2. The van der Waals surface area contributed by atoms with Crippen molar-refractivity contribution in [2.75, 3.05) is 56.0 Å². The van der Waals surface area contributed by atoms with Crippen LogP contribution in [-0.4, -0.2) is 83.5 Å². The highest BCUT2D eigenvalue weighted by Crippen LogP contribution is 2.23. The van der Waals surface area contributed by atoms with E-state index in [4.69, 9.17) is 23.8 Å². The molecule has 2 aromatic carbocycles. The van der Waals surface area contributed by atoms with Crippen molar-refractivity contribution in [3.8, 4) is 0 Å². The maximum Gasteiger partial charge on any atom is 0.252 e. The number of likely N-dealkylation sites (N-methyl/N-ethyl adjacent to an activating group) is 1. The molecule has 2 aliphatic heterocycles. The van der Waals surface area contributed by atoms with E-state index in [1.54, 1.807) is 29.2 Å². The van der Waals surface area contributed by atoms with Crippen LogP contribution >= 0.6 is 23.8 Å². The fourth-order valence-electron chi connectivity index (χ4n) is 4.70. The average Bonchev–Trinajstić information content (AvgIpc) is 3.09. The summed E-state index contributed by atoms with van der Waals surface area (Å²) in [5, 5.41) is 3.92. The van der Waals surface area contributed by atoms with E-state index in [1.807, 2.05) is 24.0 Å². The highest BCUT2D eigenvalue weighted by atomic mass is 35.5. The van der Waals surface area contributed by atoms with Crippen molar-refractivity contribution in [2.24, 2.45) is 0 Å². The average molecular weight is 532 g/mol. The van der Waals surface area contributed by atoms with E-state index < -0.39 is 6.04 Å². The lowest BCUT2D eigenvalue weighted by molar-refractivity contribution is -0.130. The Kier molecular flexibility index (Phi) is 8.77. The minimum absolute atomic E-state index is 0.0362. The third kappa shape index (κ3) is 6.32. The van der Waals surface area contributed by atoms with Crippen LogP contribution in [-0.2, 0) is 9.59 Å². The molecule has 36 heavy (non-hydrogen) atoms. The molecule has 1 N–H and O–H groups in total. The van der Waals surface area contributed by atoms with Crippen molar-refractivity contribution in [3.05, 3.63) is 59.4 Å². The van der Waals surface area contributed by atoms with Crippen LogP contribution in [0.3, 0.4) is 0 Å². The number of anilines is 2. The number of rotatable bonds is 9. The van der Waals surface area contributed by atoms with E-state index in [0.717, 1.165) is 44.8 Å². The zero-order valence-corrected chi connectivity index (χ0v) is 21.9. The van der Waals surface area contributed by atoms with Crippen LogP contribution in [0.4, 0.5) is 15.8 Å². The van der Waals surface area contributed by atoms with Gasteiger partial charge >= 0.3 is 0 Å². The molecular formula is C26H31ClFN5O2S. The number of hydrogen-bond donors (Lipinski definition) is 1. The monoisotopic (exact) mass is 531 g/mol. The first-order valence-electron chi connectivity index (χ1n) is 12.3. The minimum Gasteiger partial charge on any atom is -0.369 e. The predicted octanol–water partition coefficient (Wildman–Crippen LogP) is 3.84. The number of nitrogens with one attached hydrogen (secondary N) is 1. The Hall–Kier alpha value is -2.75. The second-order valence-electron chi connectivity index (χ2n) is 8.99. The fraction of sp³-hybridized carbons (Fsp3) is 0.423. The minimum atomic E-state index is -0.597. The first kappa shape index (κ1) is 26.3. The molecule has 1 atom stereocenters. The van der Waals surface area contributed by atoms with Crippen molar-refractivity contribution in [1.82, 2.24) is 14.7 Å². The Morgan fingerprint density at radius 1 is 1.06 bits per heavy atom. The lowest BCUT2D eigenvalue weighted by atomic mass is 10.1.